The van der Waals surface area contributed by atoms with E-state index in [1.54, 1.807) is 25.1 Å². The molecule has 0 aliphatic carbocycles. The second-order valence-electron chi connectivity index (χ2n) is 3.43. The highest BCUT2D eigenvalue weighted by Gasteiger charge is 2.07. The fraction of sp³-hybridized carbons (Fsp3) is 0.250. The molecule has 1 aromatic carbocycles. The molecule has 4 nitrogen and oxygen atoms in total. The van der Waals surface area contributed by atoms with E-state index in [9.17, 15) is 4.79 Å². The van der Waals surface area contributed by atoms with Crippen molar-refractivity contribution in [3.8, 4) is 12.1 Å². The van der Waals surface area contributed by atoms with Crippen LogP contribution in [-0.4, -0.2) is 12.5 Å². The van der Waals surface area contributed by atoms with Gasteiger partial charge >= 0.3 is 0 Å². The quantitative estimate of drug-likeness (QED) is 0.825. The molecule has 80 valence electrons. The predicted octanol–water partition coefficient (Wildman–Crippen LogP) is 1.45. The largest absolute Gasteiger partial charge is 0.351 e. The average Bonchev–Trinajstić information content (AvgIpc) is 2.35. The van der Waals surface area contributed by atoms with E-state index < -0.39 is 0 Å². The van der Waals surface area contributed by atoms with E-state index in [-0.39, 0.29) is 11.8 Å². The van der Waals surface area contributed by atoms with Crippen LogP contribution in [0.3, 0.4) is 0 Å². The smallest absolute Gasteiger partial charge is 0.251 e. The fourth-order valence-corrected chi connectivity index (χ4v) is 1.12. The molecule has 1 N–H and O–H groups in total. The molecule has 0 bridgehead atoms. The van der Waals surface area contributed by atoms with E-state index in [0.717, 1.165) is 0 Å². The molecule has 0 spiro atoms. The van der Waals surface area contributed by atoms with Crippen molar-refractivity contribution in [2.45, 2.75) is 6.92 Å². The van der Waals surface area contributed by atoms with E-state index in [2.05, 4.69) is 5.32 Å². The SMILES string of the molecule is CC(C#N)CNC(=O)c1cccc(C#N)c1. The first-order valence-corrected chi connectivity index (χ1v) is 4.85. The Kier molecular flexibility index (Phi) is 4.06. The van der Waals surface area contributed by atoms with Gasteiger partial charge in [0.1, 0.15) is 0 Å². The lowest BCUT2D eigenvalue weighted by Gasteiger charge is -2.05. The Labute approximate surface area is 94.1 Å². The van der Waals surface area contributed by atoms with Gasteiger partial charge in [0.2, 0.25) is 0 Å². The van der Waals surface area contributed by atoms with Crippen LogP contribution in [0, 0.1) is 28.6 Å². The number of hydrogen-bond donors (Lipinski definition) is 1. The van der Waals surface area contributed by atoms with Crippen molar-refractivity contribution in [3.05, 3.63) is 35.4 Å². The first-order chi connectivity index (χ1) is 7.67. The van der Waals surface area contributed by atoms with Gasteiger partial charge in [-0.05, 0) is 25.1 Å². The first-order valence-electron chi connectivity index (χ1n) is 4.85. The van der Waals surface area contributed by atoms with Crippen molar-refractivity contribution in [3.63, 3.8) is 0 Å². The van der Waals surface area contributed by atoms with Gasteiger partial charge in [-0.25, -0.2) is 0 Å². The molecule has 0 heterocycles. The Morgan fingerprint density at radius 1 is 1.50 bits per heavy atom. The van der Waals surface area contributed by atoms with Gasteiger partial charge in [-0.1, -0.05) is 6.07 Å². The molecule has 16 heavy (non-hydrogen) atoms. The predicted molar refractivity (Wildman–Crippen MR) is 58.3 cm³/mol. The highest BCUT2D eigenvalue weighted by atomic mass is 16.1. The van der Waals surface area contributed by atoms with Crippen LogP contribution in [-0.2, 0) is 0 Å². The normalized spacial score (nSPS) is 10.9. The molecule has 1 rings (SSSR count). The van der Waals surface area contributed by atoms with Crippen molar-refractivity contribution in [1.82, 2.24) is 5.32 Å². The van der Waals surface area contributed by atoms with Crippen LogP contribution in [0.1, 0.15) is 22.8 Å². The third kappa shape index (κ3) is 3.11. The van der Waals surface area contributed by atoms with Gasteiger partial charge in [-0.3, -0.25) is 4.79 Å². The van der Waals surface area contributed by atoms with Crippen molar-refractivity contribution in [2.75, 3.05) is 6.54 Å². The fourth-order valence-electron chi connectivity index (χ4n) is 1.12. The van der Waals surface area contributed by atoms with Crippen LogP contribution in [0.25, 0.3) is 0 Å². The third-order valence-corrected chi connectivity index (χ3v) is 2.04. The van der Waals surface area contributed by atoms with Gasteiger partial charge in [-0.15, -0.1) is 0 Å². The molecule has 1 unspecified atom stereocenters. The van der Waals surface area contributed by atoms with Crippen molar-refractivity contribution >= 4 is 5.91 Å². The Bertz CT molecular complexity index is 468. The van der Waals surface area contributed by atoms with Crippen LogP contribution >= 0.6 is 0 Å². The topological polar surface area (TPSA) is 76.7 Å². The zero-order valence-electron chi connectivity index (χ0n) is 8.90. The summed E-state index contributed by atoms with van der Waals surface area (Å²) in [7, 11) is 0. The maximum Gasteiger partial charge on any atom is 0.251 e. The van der Waals surface area contributed by atoms with E-state index in [1.165, 1.54) is 6.07 Å². The van der Waals surface area contributed by atoms with Crippen LogP contribution < -0.4 is 5.32 Å². The number of carbonyl (C=O) groups excluding carboxylic acids is 1. The summed E-state index contributed by atoms with van der Waals surface area (Å²) in [6.07, 6.45) is 0. The number of hydrogen-bond acceptors (Lipinski definition) is 3. The van der Waals surface area contributed by atoms with E-state index in [1.807, 2.05) is 12.1 Å². The van der Waals surface area contributed by atoms with Crippen LogP contribution in [0.15, 0.2) is 24.3 Å². The molecule has 1 atom stereocenters. The number of nitrogens with one attached hydrogen (secondary N) is 1. The van der Waals surface area contributed by atoms with Crippen molar-refractivity contribution < 1.29 is 4.79 Å². The van der Waals surface area contributed by atoms with Crippen molar-refractivity contribution in [2.24, 2.45) is 5.92 Å². The number of nitriles is 2. The highest BCUT2D eigenvalue weighted by molar-refractivity contribution is 5.94. The standard InChI is InChI=1S/C12H11N3O/c1-9(6-13)8-15-12(16)11-4-2-3-10(5-11)7-14/h2-5,9H,8H2,1H3,(H,15,16). The molecule has 4 heteroatoms. The molecule has 1 aromatic rings. The second-order valence-corrected chi connectivity index (χ2v) is 3.43. The first kappa shape index (κ1) is 11.7. The lowest BCUT2D eigenvalue weighted by molar-refractivity contribution is 0.0950. The average molecular weight is 213 g/mol. The Hall–Kier alpha value is -2.33. The maximum absolute atomic E-state index is 11.6. The number of amides is 1. The zero-order valence-corrected chi connectivity index (χ0v) is 8.90. The van der Waals surface area contributed by atoms with E-state index >= 15 is 0 Å². The van der Waals surface area contributed by atoms with Gasteiger partial charge in [-0.2, -0.15) is 10.5 Å². The summed E-state index contributed by atoms with van der Waals surface area (Å²) in [5.74, 6) is -0.484. The van der Waals surface area contributed by atoms with Crippen LogP contribution in [0.4, 0.5) is 0 Å². The lowest BCUT2D eigenvalue weighted by Crippen LogP contribution is -2.27. The summed E-state index contributed by atoms with van der Waals surface area (Å²) in [5, 5.41) is 19.9. The van der Waals surface area contributed by atoms with Gasteiger partial charge in [0, 0.05) is 12.1 Å². The minimum Gasteiger partial charge on any atom is -0.351 e. The summed E-state index contributed by atoms with van der Waals surface area (Å²) in [6, 6.07) is 10.4. The van der Waals surface area contributed by atoms with E-state index in [0.29, 0.717) is 17.7 Å². The molecule has 0 radical (unpaired) electrons. The molecule has 0 saturated heterocycles. The summed E-state index contributed by atoms with van der Waals surface area (Å²) in [4.78, 5) is 11.6. The van der Waals surface area contributed by atoms with Crippen LogP contribution in [0.5, 0.6) is 0 Å². The molecule has 0 aromatic heterocycles. The Morgan fingerprint density at radius 3 is 2.88 bits per heavy atom. The number of carbonyl (C=O) groups is 1. The molecule has 1 amide bonds. The molecular weight excluding hydrogens is 202 g/mol. The Balaban J connectivity index is 2.67. The van der Waals surface area contributed by atoms with Gasteiger partial charge in [0.15, 0.2) is 0 Å². The minimum atomic E-state index is -0.265. The highest BCUT2D eigenvalue weighted by Crippen LogP contribution is 2.04. The molecule has 0 aliphatic rings. The van der Waals surface area contributed by atoms with E-state index in [4.69, 9.17) is 10.5 Å². The second kappa shape index (κ2) is 5.53. The number of rotatable bonds is 3. The third-order valence-electron chi connectivity index (χ3n) is 2.04. The molecule has 0 fully saturated rings. The lowest BCUT2D eigenvalue weighted by atomic mass is 10.1. The van der Waals surface area contributed by atoms with Gasteiger partial charge in [0.25, 0.3) is 5.91 Å². The summed E-state index contributed by atoms with van der Waals surface area (Å²) >= 11 is 0. The molecule has 0 aliphatic heterocycles. The molecular formula is C12H11N3O. The number of nitrogens with zero attached hydrogens (tertiary/aromatic N) is 2. The maximum atomic E-state index is 11.6. The molecule has 0 saturated carbocycles. The van der Waals surface area contributed by atoms with Crippen molar-refractivity contribution in [1.29, 1.82) is 10.5 Å². The summed E-state index contributed by atoms with van der Waals surface area (Å²) in [5.41, 5.74) is 0.880. The van der Waals surface area contributed by atoms with Gasteiger partial charge in [0.05, 0.1) is 23.6 Å². The summed E-state index contributed by atoms with van der Waals surface area (Å²) in [6.45, 7) is 2.04. The Morgan fingerprint density at radius 2 is 2.25 bits per heavy atom. The number of benzene rings is 1. The van der Waals surface area contributed by atoms with Gasteiger partial charge < -0.3 is 5.32 Å². The zero-order chi connectivity index (χ0) is 12.0. The minimum absolute atomic E-state index is 0.219. The monoisotopic (exact) mass is 213 g/mol. The van der Waals surface area contributed by atoms with Crippen LogP contribution in [0.2, 0.25) is 0 Å². The summed E-state index contributed by atoms with van der Waals surface area (Å²) < 4.78 is 0.